The summed E-state index contributed by atoms with van der Waals surface area (Å²) in [5, 5.41) is 0. The molecule has 0 amide bonds. The largest absolute Gasteiger partial charge is 0.330 e. The number of rotatable bonds is 5. The van der Waals surface area contributed by atoms with Crippen LogP contribution in [0.3, 0.4) is 0 Å². The topological polar surface area (TPSA) is 55.4 Å². The smallest absolute Gasteiger partial charge is 0.0619 e. The third-order valence-corrected chi connectivity index (χ3v) is 2.98. The van der Waals surface area contributed by atoms with Gasteiger partial charge in [0.25, 0.3) is 0 Å². The van der Waals surface area contributed by atoms with Crippen LogP contribution in [0.4, 0.5) is 0 Å². The molecule has 0 aliphatic carbocycles. The number of nitrogens with two attached hydrogens (primary N) is 1. The summed E-state index contributed by atoms with van der Waals surface area (Å²) < 4.78 is 15.9. The van der Waals surface area contributed by atoms with Gasteiger partial charge < -0.3 is 5.73 Å². The Bertz CT molecular complexity index is 259. The van der Waals surface area contributed by atoms with Crippen molar-refractivity contribution in [2.45, 2.75) is 33.2 Å². The van der Waals surface area contributed by atoms with Crippen molar-refractivity contribution in [1.29, 1.82) is 0 Å². The maximum absolute atomic E-state index is 11.6. The van der Waals surface area contributed by atoms with Crippen LogP contribution < -0.4 is 5.73 Å². The lowest BCUT2D eigenvalue weighted by molar-refractivity contribution is 0.398. The fourth-order valence-corrected chi connectivity index (χ4v) is 2.25. The lowest BCUT2D eigenvalue weighted by atomic mass is 9.95. The van der Waals surface area contributed by atoms with Gasteiger partial charge in [0.05, 0.1) is 6.04 Å². The Kier molecular flexibility index (Phi) is 5.67. The Morgan fingerprint density at radius 2 is 1.79 bits per heavy atom. The van der Waals surface area contributed by atoms with Crippen molar-refractivity contribution in [1.82, 2.24) is 0 Å². The summed E-state index contributed by atoms with van der Waals surface area (Å²) in [6.45, 7) is 7.01. The van der Waals surface area contributed by atoms with Gasteiger partial charge in [-0.3, -0.25) is 4.21 Å². The van der Waals surface area contributed by atoms with Crippen LogP contribution in [0.25, 0.3) is 0 Å². The molecule has 0 aromatic carbocycles. The van der Waals surface area contributed by atoms with Crippen LogP contribution in [0, 0.1) is 11.8 Å². The summed E-state index contributed by atoms with van der Waals surface area (Å²) >= 11 is 0. The zero-order valence-corrected chi connectivity index (χ0v) is 10.8. The van der Waals surface area contributed by atoms with Crippen LogP contribution in [0.15, 0.2) is 4.36 Å². The van der Waals surface area contributed by atoms with Crippen molar-refractivity contribution in [3.8, 4) is 0 Å². The quantitative estimate of drug-likeness (QED) is 0.767. The molecule has 2 unspecified atom stereocenters. The van der Waals surface area contributed by atoms with E-state index >= 15 is 0 Å². The standard InChI is InChI=1S/C10H24N2OS/c1-8(2)10(6-9(3)7-11)12-14(4,5)13/h8-10H,6-7,11H2,1-5H3. The van der Waals surface area contributed by atoms with E-state index in [9.17, 15) is 4.21 Å². The first kappa shape index (κ1) is 13.9. The van der Waals surface area contributed by atoms with Crippen LogP contribution in [0.1, 0.15) is 27.2 Å². The van der Waals surface area contributed by atoms with Gasteiger partial charge in [-0.25, -0.2) is 4.36 Å². The van der Waals surface area contributed by atoms with E-state index in [1.54, 1.807) is 12.5 Å². The molecule has 14 heavy (non-hydrogen) atoms. The Balaban J connectivity index is 4.56. The molecule has 0 fully saturated rings. The lowest BCUT2D eigenvalue weighted by Gasteiger charge is -2.20. The van der Waals surface area contributed by atoms with Crippen molar-refractivity contribution in [3.05, 3.63) is 0 Å². The van der Waals surface area contributed by atoms with Crippen LogP contribution in [0.5, 0.6) is 0 Å². The number of hydrogen-bond donors (Lipinski definition) is 1. The third kappa shape index (κ3) is 6.38. The van der Waals surface area contributed by atoms with Gasteiger partial charge in [-0.05, 0) is 24.8 Å². The van der Waals surface area contributed by atoms with E-state index in [0.717, 1.165) is 6.42 Å². The van der Waals surface area contributed by atoms with Crippen LogP contribution in [0.2, 0.25) is 0 Å². The maximum atomic E-state index is 11.6. The summed E-state index contributed by atoms with van der Waals surface area (Å²) in [5.74, 6) is 0.887. The molecule has 0 bridgehead atoms. The molecule has 0 rings (SSSR count). The summed E-state index contributed by atoms with van der Waals surface area (Å²) in [4.78, 5) is 0. The molecule has 2 N–H and O–H groups in total. The van der Waals surface area contributed by atoms with Crippen molar-refractivity contribution >= 4 is 9.73 Å². The number of nitrogens with zero attached hydrogens (tertiary/aromatic N) is 1. The van der Waals surface area contributed by atoms with Gasteiger partial charge in [0.15, 0.2) is 0 Å². The van der Waals surface area contributed by atoms with E-state index in [4.69, 9.17) is 5.73 Å². The third-order valence-electron chi connectivity index (χ3n) is 2.21. The minimum atomic E-state index is -1.99. The molecular formula is C10H24N2OS. The molecule has 4 heteroatoms. The normalized spacial score (nSPS) is 16.8. The Hall–Kier alpha value is -0.0900. The van der Waals surface area contributed by atoms with Crippen molar-refractivity contribution in [2.24, 2.45) is 21.9 Å². The average molecular weight is 220 g/mol. The van der Waals surface area contributed by atoms with E-state index < -0.39 is 9.73 Å². The van der Waals surface area contributed by atoms with Gasteiger partial charge in [0.1, 0.15) is 0 Å². The highest BCUT2D eigenvalue weighted by atomic mass is 32.2. The second kappa shape index (κ2) is 5.71. The predicted molar refractivity (Wildman–Crippen MR) is 63.9 cm³/mol. The first-order valence-corrected chi connectivity index (χ1v) is 7.45. The molecule has 0 aliphatic rings. The molecular weight excluding hydrogens is 196 g/mol. The zero-order valence-electron chi connectivity index (χ0n) is 9.99. The van der Waals surface area contributed by atoms with Crippen LogP contribution >= 0.6 is 0 Å². The first-order chi connectivity index (χ1) is 6.26. The fraction of sp³-hybridized carbons (Fsp3) is 1.00. The highest BCUT2D eigenvalue weighted by molar-refractivity contribution is 7.92. The summed E-state index contributed by atoms with van der Waals surface area (Å²) in [7, 11) is -1.99. The van der Waals surface area contributed by atoms with Gasteiger partial charge in [0.2, 0.25) is 0 Å². The Morgan fingerprint density at radius 3 is 2.07 bits per heavy atom. The molecule has 0 saturated heterocycles. The molecule has 0 spiro atoms. The Labute approximate surface area is 88.6 Å². The maximum Gasteiger partial charge on any atom is 0.0619 e. The zero-order chi connectivity index (χ0) is 11.4. The highest BCUT2D eigenvalue weighted by Gasteiger charge is 2.16. The molecule has 0 aromatic rings. The summed E-state index contributed by atoms with van der Waals surface area (Å²) in [6.07, 6.45) is 4.32. The van der Waals surface area contributed by atoms with Crippen molar-refractivity contribution in [2.75, 3.05) is 19.1 Å². The number of hydrogen-bond acceptors (Lipinski definition) is 3. The second-order valence-electron chi connectivity index (χ2n) is 4.67. The van der Waals surface area contributed by atoms with E-state index in [2.05, 4.69) is 25.1 Å². The summed E-state index contributed by atoms with van der Waals surface area (Å²) in [5.41, 5.74) is 5.57. The highest BCUT2D eigenvalue weighted by Crippen LogP contribution is 2.17. The molecule has 86 valence electrons. The summed E-state index contributed by atoms with van der Waals surface area (Å²) in [6, 6.07) is 0.177. The molecule has 3 nitrogen and oxygen atoms in total. The lowest BCUT2D eigenvalue weighted by Crippen LogP contribution is -2.22. The minimum absolute atomic E-state index is 0.177. The van der Waals surface area contributed by atoms with Gasteiger partial charge in [-0.2, -0.15) is 0 Å². The van der Waals surface area contributed by atoms with E-state index in [1.807, 2.05) is 0 Å². The van der Waals surface area contributed by atoms with E-state index in [1.165, 1.54) is 0 Å². The predicted octanol–water partition coefficient (Wildman–Crippen LogP) is 1.72. The molecule has 0 heterocycles. The van der Waals surface area contributed by atoms with E-state index in [-0.39, 0.29) is 6.04 Å². The van der Waals surface area contributed by atoms with Gasteiger partial charge in [-0.15, -0.1) is 0 Å². The molecule has 0 saturated carbocycles. The van der Waals surface area contributed by atoms with Crippen LogP contribution in [-0.4, -0.2) is 29.3 Å². The first-order valence-electron chi connectivity index (χ1n) is 5.12. The molecule has 0 aliphatic heterocycles. The SMILES string of the molecule is CC(CN)CC(N=S(C)(C)=O)C(C)C. The van der Waals surface area contributed by atoms with Crippen molar-refractivity contribution in [3.63, 3.8) is 0 Å². The molecule has 0 radical (unpaired) electrons. The molecule has 2 atom stereocenters. The van der Waals surface area contributed by atoms with E-state index in [0.29, 0.717) is 18.4 Å². The van der Waals surface area contributed by atoms with Crippen LogP contribution in [-0.2, 0) is 9.73 Å². The fourth-order valence-electron chi connectivity index (χ4n) is 1.27. The monoisotopic (exact) mass is 220 g/mol. The second-order valence-corrected chi connectivity index (χ2v) is 7.25. The van der Waals surface area contributed by atoms with Gasteiger partial charge in [-0.1, -0.05) is 20.8 Å². The van der Waals surface area contributed by atoms with Crippen molar-refractivity contribution < 1.29 is 4.21 Å². The van der Waals surface area contributed by atoms with Gasteiger partial charge >= 0.3 is 0 Å². The van der Waals surface area contributed by atoms with Gasteiger partial charge in [0, 0.05) is 22.2 Å². The average Bonchev–Trinajstić information content (AvgIpc) is 2.00. The molecule has 0 aromatic heterocycles. The Morgan fingerprint density at radius 1 is 1.29 bits per heavy atom. The minimum Gasteiger partial charge on any atom is -0.330 e.